The molecule has 0 saturated carbocycles. The van der Waals surface area contributed by atoms with Crippen molar-refractivity contribution in [3.8, 4) is 5.75 Å². The Balaban J connectivity index is 2.40. The van der Waals surface area contributed by atoms with E-state index in [-0.39, 0.29) is 0 Å². The molecule has 0 amide bonds. The summed E-state index contributed by atoms with van der Waals surface area (Å²) in [7, 11) is -3.59. The van der Waals surface area contributed by atoms with Gasteiger partial charge in [0.15, 0.2) is 0 Å². The Labute approximate surface area is 104 Å². The third kappa shape index (κ3) is 2.72. The van der Waals surface area contributed by atoms with Crippen molar-refractivity contribution in [2.75, 3.05) is 0 Å². The van der Waals surface area contributed by atoms with E-state index in [1.807, 2.05) is 6.07 Å². The van der Waals surface area contributed by atoms with Crippen LogP contribution in [0.25, 0.3) is 10.4 Å². The Morgan fingerprint density at radius 2 is 1.56 bits per heavy atom. The maximum atomic E-state index is 12.5. The standard InChI is InChI=1S/C12H10N3O2P/c13-14-15-18(16,12-9-5-2-6-10-12)17-11-7-3-1-4-8-11/h1-10H. The highest BCUT2D eigenvalue weighted by Crippen LogP contribution is 2.47. The summed E-state index contributed by atoms with van der Waals surface area (Å²) in [6.07, 6.45) is 0. The third-order valence-electron chi connectivity index (χ3n) is 2.21. The van der Waals surface area contributed by atoms with Crippen LogP contribution in [0.3, 0.4) is 0 Å². The maximum absolute atomic E-state index is 12.5. The third-order valence-corrected chi connectivity index (χ3v) is 3.94. The molecule has 0 aromatic heterocycles. The van der Waals surface area contributed by atoms with E-state index in [0.29, 0.717) is 11.1 Å². The van der Waals surface area contributed by atoms with Crippen LogP contribution in [0, 0.1) is 0 Å². The minimum atomic E-state index is -3.59. The van der Waals surface area contributed by atoms with Crippen LogP contribution in [0.5, 0.6) is 5.75 Å². The van der Waals surface area contributed by atoms with Crippen LogP contribution in [0.1, 0.15) is 0 Å². The normalized spacial score (nSPS) is 13.1. The monoisotopic (exact) mass is 259 g/mol. The van der Waals surface area contributed by atoms with Crippen LogP contribution in [-0.2, 0) is 4.57 Å². The molecule has 18 heavy (non-hydrogen) atoms. The maximum Gasteiger partial charge on any atom is 0.364 e. The smallest absolute Gasteiger partial charge is 0.364 e. The molecule has 1 unspecified atom stereocenters. The first kappa shape index (κ1) is 12.2. The van der Waals surface area contributed by atoms with Gasteiger partial charge >= 0.3 is 7.52 Å². The van der Waals surface area contributed by atoms with Gasteiger partial charge in [0.05, 0.1) is 5.30 Å². The summed E-state index contributed by atoms with van der Waals surface area (Å²) in [5.41, 5.74) is 8.55. The highest BCUT2D eigenvalue weighted by atomic mass is 31.2. The van der Waals surface area contributed by atoms with Gasteiger partial charge in [-0.2, -0.15) is 0 Å². The molecule has 0 N–H and O–H groups in total. The number of azide groups is 1. The average molecular weight is 259 g/mol. The number of rotatable bonds is 4. The van der Waals surface area contributed by atoms with Crippen LogP contribution >= 0.6 is 7.52 Å². The molecule has 0 aliphatic heterocycles. The number of nitrogens with zero attached hydrogens (tertiary/aromatic N) is 3. The summed E-state index contributed by atoms with van der Waals surface area (Å²) in [4.78, 5) is 5.95. The largest absolute Gasteiger partial charge is 0.436 e. The minimum Gasteiger partial charge on any atom is -0.436 e. The van der Waals surface area contributed by atoms with Gasteiger partial charge in [0.1, 0.15) is 5.75 Å². The Kier molecular flexibility index (Phi) is 3.68. The molecule has 0 bridgehead atoms. The molecule has 0 saturated heterocycles. The lowest BCUT2D eigenvalue weighted by Gasteiger charge is -2.14. The fourth-order valence-corrected chi connectivity index (χ4v) is 2.72. The second-order valence-corrected chi connectivity index (χ2v) is 5.36. The summed E-state index contributed by atoms with van der Waals surface area (Å²) < 4.78 is 17.9. The van der Waals surface area contributed by atoms with E-state index in [0.717, 1.165) is 0 Å². The molecule has 0 fully saturated rings. The lowest BCUT2D eigenvalue weighted by molar-refractivity contribution is 0.493. The Hall–Kier alpha value is -2.22. The van der Waals surface area contributed by atoms with Gasteiger partial charge in [0.25, 0.3) is 0 Å². The van der Waals surface area contributed by atoms with Gasteiger partial charge in [-0.1, -0.05) is 36.4 Å². The van der Waals surface area contributed by atoms with Crippen molar-refractivity contribution in [2.24, 2.45) is 4.88 Å². The van der Waals surface area contributed by atoms with E-state index >= 15 is 0 Å². The molecule has 1 atom stereocenters. The van der Waals surface area contributed by atoms with Crippen molar-refractivity contribution in [1.82, 2.24) is 0 Å². The molecular formula is C12H10N3O2P. The van der Waals surface area contributed by atoms with Crippen molar-refractivity contribution in [1.29, 1.82) is 0 Å². The quantitative estimate of drug-likeness (QED) is 0.361. The Morgan fingerprint density at radius 3 is 2.11 bits per heavy atom. The molecular weight excluding hydrogens is 249 g/mol. The molecule has 0 aliphatic rings. The van der Waals surface area contributed by atoms with Crippen molar-refractivity contribution in [2.45, 2.75) is 0 Å². The van der Waals surface area contributed by atoms with Crippen LogP contribution in [0.2, 0.25) is 0 Å². The summed E-state index contributed by atoms with van der Waals surface area (Å²) >= 11 is 0. The van der Waals surface area contributed by atoms with Gasteiger partial charge in [-0.3, -0.25) is 4.57 Å². The molecule has 0 spiro atoms. The highest BCUT2D eigenvalue weighted by molar-refractivity contribution is 7.65. The van der Waals surface area contributed by atoms with E-state index in [2.05, 4.69) is 9.80 Å². The van der Waals surface area contributed by atoms with Crippen LogP contribution in [0.4, 0.5) is 0 Å². The van der Waals surface area contributed by atoms with Crippen molar-refractivity contribution >= 4 is 12.8 Å². The summed E-state index contributed by atoms with van der Waals surface area (Å²) in [6, 6.07) is 17.1. The van der Waals surface area contributed by atoms with Crippen molar-refractivity contribution < 1.29 is 9.09 Å². The second-order valence-electron chi connectivity index (χ2n) is 3.44. The highest BCUT2D eigenvalue weighted by Gasteiger charge is 2.25. The number of hydrogen-bond donors (Lipinski definition) is 0. The first-order valence-corrected chi connectivity index (χ1v) is 6.79. The number of para-hydroxylation sites is 1. The molecule has 2 rings (SSSR count). The van der Waals surface area contributed by atoms with Gasteiger partial charge in [0, 0.05) is 9.80 Å². The van der Waals surface area contributed by atoms with Crippen LogP contribution in [-0.4, -0.2) is 0 Å². The molecule has 0 heterocycles. The van der Waals surface area contributed by atoms with E-state index < -0.39 is 7.52 Å². The fourth-order valence-electron chi connectivity index (χ4n) is 1.42. The van der Waals surface area contributed by atoms with Gasteiger partial charge in [-0.25, -0.2) is 0 Å². The Morgan fingerprint density at radius 1 is 1.00 bits per heavy atom. The lowest BCUT2D eigenvalue weighted by atomic mass is 10.3. The predicted octanol–water partition coefficient (Wildman–Crippen LogP) is 3.89. The molecule has 2 aromatic carbocycles. The van der Waals surface area contributed by atoms with Gasteiger partial charge < -0.3 is 4.52 Å². The predicted molar refractivity (Wildman–Crippen MR) is 69.9 cm³/mol. The zero-order valence-electron chi connectivity index (χ0n) is 9.38. The van der Waals surface area contributed by atoms with Gasteiger partial charge in [-0.05, 0) is 29.8 Å². The molecule has 2 aromatic rings. The summed E-state index contributed by atoms with van der Waals surface area (Å²) in [5.74, 6) is 0.400. The summed E-state index contributed by atoms with van der Waals surface area (Å²) in [5, 5.41) is 0.367. The van der Waals surface area contributed by atoms with E-state index in [9.17, 15) is 4.57 Å². The van der Waals surface area contributed by atoms with Crippen molar-refractivity contribution in [3.05, 3.63) is 71.1 Å². The second kappa shape index (κ2) is 5.41. The van der Waals surface area contributed by atoms with E-state index in [1.165, 1.54) is 0 Å². The van der Waals surface area contributed by atoms with Crippen LogP contribution < -0.4 is 9.83 Å². The fraction of sp³-hybridized carbons (Fsp3) is 0. The number of hydrogen-bond acceptors (Lipinski definition) is 2. The number of benzene rings is 2. The van der Waals surface area contributed by atoms with Gasteiger partial charge in [-0.15, -0.1) is 0 Å². The Bertz CT molecular complexity index is 610. The lowest BCUT2D eigenvalue weighted by Crippen LogP contribution is -2.06. The zero-order valence-corrected chi connectivity index (χ0v) is 10.3. The van der Waals surface area contributed by atoms with Crippen molar-refractivity contribution in [3.63, 3.8) is 0 Å². The zero-order chi connectivity index (χ0) is 12.8. The SMILES string of the molecule is [N-]=[N+]=NP(=O)(Oc1ccccc1)c1ccccc1. The van der Waals surface area contributed by atoms with Crippen LogP contribution in [0.15, 0.2) is 65.5 Å². The van der Waals surface area contributed by atoms with E-state index in [1.54, 1.807) is 54.6 Å². The topological polar surface area (TPSA) is 75.1 Å². The summed E-state index contributed by atoms with van der Waals surface area (Å²) in [6.45, 7) is 0. The average Bonchev–Trinajstić information content (AvgIpc) is 2.41. The molecule has 0 radical (unpaired) electrons. The molecule has 0 aliphatic carbocycles. The first-order valence-electron chi connectivity index (χ1n) is 5.21. The van der Waals surface area contributed by atoms with Gasteiger partial charge in [0.2, 0.25) is 0 Å². The molecule has 6 heteroatoms. The molecule has 90 valence electrons. The minimum absolute atomic E-state index is 0.367. The first-order chi connectivity index (χ1) is 8.74. The molecule has 5 nitrogen and oxygen atoms in total. The van der Waals surface area contributed by atoms with E-state index in [4.69, 9.17) is 10.1 Å².